The zero-order valence-corrected chi connectivity index (χ0v) is 18.5. The quantitative estimate of drug-likeness (QED) is 0.385. The van der Waals surface area contributed by atoms with Gasteiger partial charge in [-0.2, -0.15) is 0 Å². The van der Waals surface area contributed by atoms with Crippen LogP contribution in [0.5, 0.6) is 11.5 Å². The van der Waals surface area contributed by atoms with Gasteiger partial charge in [0.1, 0.15) is 12.0 Å². The van der Waals surface area contributed by atoms with Crippen LogP contribution in [-0.4, -0.2) is 30.3 Å². The Morgan fingerprint density at radius 1 is 0.970 bits per heavy atom. The van der Waals surface area contributed by atoms with Crippen LogP contribution in [0.3, 0.4) is 0 Å². The van der Waals surface area contributed by atoms with Crippen molar-refractivity contribution in [2.45, 2.75) is 13.3 Å². The Labute approximate surface area is 189 Å². The molecule has 0 aliphatic heterocycles. The number of anilines is 2. The van der Waals surface area contributed by atoms with Crippen molar-refractivity contribution in [3.63, 3.8) is 0 Å². The summed E-state index contributed by atoms with van der Waals surface area (Å²) in [6.07, 6.45) is 2.06. The minimum absolute atomic E-state index is 0.141. The van der Waals surface area contributed by atoms with Crippen molar-refractivity contribution in [3.8, 4) is 17.2 Å². The minimum atomic E-state index is -0.850. The monoisotopic (exact) mass is 451 g/mol. The Morgan fingerprint density at radius 3 is 2.24 bits per heavy atom. The maximum atomic E-state index is 15.2. The molecule has 0 atom stereocenters. The molecule has 0 aliphatic rings. The van der Waals surface area contributed by atoms with Crippen LogP contribution in [0, 0.1) is 11.6 Å². The molecule has 33 heavy (non-hydrogen) atoms. The van der Waals surface area contributed by atoms with E-state index in [0.717, 1.165) is 0 Å². The average molecular weight is 451 g/mol. The molecule has 3 aromatic carbocycles. The normalized spacial score (nSPS) is 10.9. The highest BCUT2D eigenvalue weighted by molar-refractivity contribution is 5.84. The first-order valence-electron chi connectivity index (χ1n) is 10.4. The molecule has 4 aromatic rings. The van der Waals surface area contributed by atoms with Gasteiger partial charge >= 0.3 is 0 Å². The molecule has 0 spiro atoms. The number of fused-ring (bicyclic) bond motifs is 1. The Kier molecular flexibility index (Phi) is 6.26. The number of hydrogen-bond donors (Lipinski definition) is 0. The highest BCUT2D eigenvalue weighted by atomic mass is 19.1. The summed E-state index contributed by atoms with van der Waals surface area (Å²) in [4.78, 5) is 19.1. The highest BCUT2D eigenvalue weighted by Gasteiger charge is 2.26. The number of para-hydroxylation sites is 1. The topological polar surface area (TPSA) is 56.6 Å². The van der Waals surface area contributed by atoms with E-state index >= 15 is 8.78 Å². The number of halogens is 2. The molecule has 8 heteroatoms. The van der Waals surface area contributed by atoms with Crippen molar-refractivity contribution in [1.29, 1.82) is 0 Å². The van der Waals surface area contributed by atoms with E-state index in [1.54, 1.807) is 30.3 Å². The first kappa shape index (κ1) is 22.3. The number of hydrogen-bond acceptors (Lipinski definition) is 5. The van der Waals surface area contributed by atoms with E-state index in [2.05, 4.69) is 4.98 Å². The minimum Gasteiger partial charge on any atom is -0.493 e. The highest BCUT2D eigenvalue weighted by Crippen LogP contribution is 2.40. The zero-order valence-electron chi connectivity index (χ0n) is 18.5. The van der Waals surface area contributed by atoms with E-state index in [-0.39, 0.29) is 22.7 Å². The molecule has 0 saturated heterocycles. The van der Waals surface area contributed by atoms with Crippen LogP contribution < -0.4 is 19.9 Å². The Balaban J connectivity index is 1.92. The average Bonchev–Trinajstić information content (AvgIpc) is 2.84. The number of nitrogens with zero attached hydrogens (tertiary/aromatic N) is 3. The third kappa shape index (κ3) is 4.00. The number of aromatic nitrogens is 2. The fourth-order valence-corrected chi connectivity index (χ4v) is 3.75. The Hall–Kier alpha value is -3.94. The summed E-state index contributed by atoms with van der Waals surface area (Å²) < 4.78 is 42.1. The summed E-state index contributed by atoms with van der Waals surface area (Å²) in [5.74, 6) is -1.98. The van der Waals surface area contributed by atoms with Crippen LogP contribution in [0.2, 0.25) is 0 Å². The largest absolute Gasteiger partial charge is 0.493 e. The Bertz CT molecular complexity index is 1330. The van der Waals surface area contributed by atoms with Crippen LogP contribution in [0.25, 0.3) is 16.6 Å². The molecular formula is C25H23F2N3O3. The third-order valence-corrected chi connectivity index (χ3v) is 5.36. The lowest BCUT2D eigenvalue weighted by atomic mass is 10.1. The van der Waals surface area contributed by atoms with Gasteiger partial charge in [0.25, 0.3) is 5.56 Å². The lowest BCUT2D eigenvalue weighted by molar-refractivity contribution is 0.359. The summed E-state index contributed by atoms with van der Waals surface area (Å²) in [5.41, 5.74) is 1.01. The van der Waals surface area contributed by atoms with E-state index in [1.165, 1.54) is 36.1 Å². The second kappa shape index (κ2) is 9.28. The van der Waals surface area contributed by atoms with Gasteiger partial charge in [0.05, 0.1) is 30.8 Å². The molecule has 4 rings (SSSR count). The Morgan fingerprint density at radius 2 is 1.64 bits per heavy atom. The van der Waals surface area contributed by atoms with Gasteiger partial charge in [-0.05, 0) is 36.8 Å². The first-order valence-corrected chi connectivity index (χ1v) is 10.4. The summed E-state index contributed by atoms with van der Waals surface area (Å²) >= 11 is 0. The molecule has 0 saturated carbocycles. The molecule has 0 unspecified atom stereocenters. The van der Waals surface area contributed by atoms with E-state index in [0.29, 0.717) is 35.2 Å². The number of benzene rings is 3. The summed E-state index contributed by atoms with van der Waals surface area (Å²) in [5, 5.41) is 0.329. The predicted octanol–water partition coefficient (Wildman–Crippen LogP) is 5.23. The maximum absolute atomic E-state index is 15.2. The lowest BCUT2D eigenvalue weighted by Crippen LogP contribution is -2.23. The fraction of sp³-hybridized carbons (Fsp3) is 0.200. The van der Waals surface area contributed by atoms with Crippen molar-refractivity contribution in [3.05, 3.63) is 82.9 Å². The molecule has 0 bridgehead atoms. The molecule has 0 radical (unpaired) electrons. The molecule has 0 aliphatic carbocycles. The number of rotatable bonds is 7. The van der Waals surface area contributed by atoms with E-state index in [9.17, 15) is 4.79 Å². The van der Waals surface area contributed by atoms with Crippen LogP contribution in [0.1, 0.15) is 13.3 Å². The van der Waals surface area contributed by atoms with Gasteiger partial charge in [0, 0.05) is 18.3 Å². The molecular weight excluding hydrogens is 428 g/mol. The molecule has 0 N–H and O–H groups in total. The molecule has 0 fully saturated rings. The molecule has 1 heterocycles. The standard InChI is InChI=1S/C25H23F2N3O3/c1-4-12-29(24-22(26)20(32-2)14-21(33-3)23(24)27)17-10-11-19-18(13-17)25(31)30(15-28-19)16-8-6-5-7-9-16/h5-11,13-15H,4,12H2,1-3H3. The van der Waals surface area contributed by atoms with Crippen molar-refractivity contribution in [2.75, 3.05) is 25.7 Å². The van der Waals surface area contributed by atoms with Gasteiger partial charge in [0.2, 0.25) is 0 Å². The number of ether oxygens (including phenoxy) is 2. The smallest absolute Gasteiger partial charge is 0.265 e. The van der Waals surface area contributed by atoms with Gasteiger partial charge in [-0.1, -0.05) is 25.1 Å². The van der Waals surface area contributed by atoms with Crippen molar-refractivity contribution < 1.29 is 18.3 Å². The van der Waals surface area contributed by atoms with Crippen LogP contribution >= 0.6 is 0 Å². The molecule has 6 nitrogen and oxygen atoms in total. The predicted molar refractivity (Wildman–Crippen MR) is 124 cm³/mol. The van der Waals surface area contributed by atoms with Crippen molar-refractivity contribution in [2.24, 2.45) is 0 Å². The van der Waals surface area contributed by atoms with E-state index < -0.39 is 11.6 Å². The summed E-state index contributed by atoms with van der Waals surface area (Å²) in [6, 6.07) is 15.2. The summed E-state index contributed by atoms with van der Waals surface area (Å²) in [7, 11) is 2.61. The van der Waals surface area contributed by atoms with Gasteiger partial charge in [-0.25, -0.2) is 13.8 Å². The van der Waals surface area contributed by atoms with E-state index in [1.807, 2.05) is 25.1 Å². The fourth-order valence-electron chi connectivity index (χ4n) is 3.75. The second-order valence-electron chi connectivity index (χ2n) is 7.37. The maximum Gasteiger partial charge on any atom is 0.265 e. The third-order valence-electron chi connectivity index (χ3n) is 5.36. The van der Waals surface area contributed by atoms with Crippen LogP contribution in [-0.2, 0) is 0 Å². The SMILES string of the molecule is CCCN(c1ccc2ncn(-c3ccccc3)c(=O)c2c1)c1c(F)c(OC)cc(OC)c1F. The summed E-state index contributed by atoms with van der Waals surface area (Å²) in [6.45, 7) is 2.19. The molecule has 1 aromatic heterocycles. The van der Waals surface area contributed by atoms with Gasteiger partial charge in [-0.15, -0.1) is 0 Å². The first-order chi connectivity index (χ1) is 16.0. The van der Waals surface area contributed by atoms with Crippen LogP contribution in [0.4, 0.5) is 20.2 Å². The lowest BCUT2D eigenvalue weighted by Gasteiger charge is -2.27. The van der Waals surface area contributed by atoms with Gasteiger partial charge in [0.15, 0.2) is 23.1 Å². The van der Waals surface area contributed by atoms with Crippen LogP contribution in [0.15, 0.2) is 65.7 Å². The van der Waals surface area contributed by atoms with Gasteiger partial charge in [-0.3, -0.25) is 9.36 Å². The van der Waals surface area contributed by atoms with Crippen molar-refractivity contribution >= 4 is 22.3 Å². The van der Waals surface area contributed by atoms with E-state index in [4.69, 9.17) is 9.47 Å². The van der Waals surface area contributed by atoms with Gasteiger partial charge < -0.3 is 14.4 Å². The van der Waals surface area contributed by atoms with Crippen molar-refractivity contribution in [1.82, 2.24) is 9.55 Å². The second-order valence-corrected chi connectivity index (χ2v) is 7.37. The molecule has 0 amide bonds. The number of methoxy groups -OCH3 is 2. The molecule has 170 valence electrons. The zero-order chi connectivity index (χ0) is 23.5.